The number of ether oxygens (including phenoxy) is 1. The topological polar surface area (TPSA) is 83.0 Å². The van der Waals surface area contributed by atoms with Gasteiger partial charge in [0.1, 0.15) is 22.9 Å². The van der Waals surface area contributed by atoms with E-state index >= 15 is 0 Å². The Balaban J connectivity index is 1.36. The second-order valence-corrected chi connectivity index (χ2v) is 7.48. The normalized spacial score (nSPS) is 18.1. The summed E-state index contributed by atoms with van der Waals surface area (Å²) < 4.78 is 18.9. The minimum Gasteiger partial charge on any atom is -0.497 e. The third-order valence-corrected chi connectivity index (χ3v) is 5.45. The van der Waals surface area contributed by atoms with Gasteiger partial charge in [0.05, 0.1) is 19.3 Å². The molecule has 0 radical (unpaired) electrons. The van der Waals surface area contributed by atoms with Crippen molar-refractivity contribution in [3.63, 3.8) is 0 Å². The molecule has 2 aliphatic heterocycles. The quantitative estimate of drug-likeness (QED) is 0.792. The molecule has 2 aliphatic rings. The van der Waals surface area contributed by atoms with E-state index in [9.17, 15) is 14.0 Å². The van der Waals surface area contributed by atoms with E-state index in [1.165, 1.54) is 12.1 Å². The van der Waals surface area contributed by atoms with Crippen LogP contribution < -0.4 is 15.4 Å². The van der Waals surface area contributed by atoms with E-state index < -0.39 is 11.5 Å². The Bertz CT molecular complexity index is 982. The number of para-hydroxylation sites is 1. The van der Waals surface area contributed by atoms with Crippen LogP contribution in [0.15, 0.2) is 53.5 Å². The number of benzene rings is 2. The van der Waals surface area contributed by atoms with Crippen molar-refractivity contribution in [2.24, 2.45) is 4.99 Å². The molecule has 0 bridgehead atoms. The number of carbonyl (C=O) groups is 2. The van der Waals surface area contributed by atoms with Crippen molar-refractivity contribution in [3.8, 4) is 5.75 Å². The van der Waals surface area contributed by atoms with Crippen molar-refractivity contribution < 1.29 is 18.7 Å². The number of anilines is 1. The van der Waals surface area contributed by atoms with Crippen molar-refractivity contribution in [2.45, 2.75) is 18.5 Å². The van der Waals surface area contributed by atoms with Crippen LogP contribution in [0.25, 0.3) is 0 Å². The van der Waals surface area contributed by atoms with E-state index in [1.807, 2.05) is 17.0 Å². The van der Waals surface area contributed by atoms with Crippen molar-refractivity contribution in [2.75, 3.05) is 32.1 Å². The molecule has 2 aromatic rings. The maximum atomic E-state index is 13.7. The minimum absolute atomic E-state index is 0.160. The first-order valence-corrected chi connectivity index (χ1v) is 9.81. The Kier molecular flexibility index (Phi) is 5.50. The highest BCUT2D eigenvalue weighted by Gasteiger charge is 2.42. The Morgan fingerprint density at radius 3 is 2.57 bits per heavy atom. The first-order valence-electron chi connectivity index (χ1n) is 9.81. The number of rotatable bonds is 5. The summed E-state index contributed by atoms with van der Waals surface area (Å²) in [6, 6.07) is 13.3. The fourth-order valence-corrected chi connectivity index (χ4v) is 3.78. The number of likely N-dealkylation sites (tertiary alicyclic amines) is 1. The maximum absolute atomic E-state index is 13.7. The highest BCUT2D eigenvalue weighted by Crippen LogP contribution is 2.29. The van der Waals surface area contributed by atoms with Crippen molar-refractivity contribution >= 4 is 23.2 Å². The summed E-state index contributed by atoms with van der Waals surface area (Å²) in [7, 11) is 1.59. The van der Waals surface area contributed by atoms with Crippen molar-refractivity contribution in [1.29, 1.82) is 0 Å². The number of nitrogens with zero attached hydrogens (tertiary/aromatic N) is 2. The smallest absolute Gasteiger partial charge is 0.272 e. The lowest BCUT2D eigenvalue weighted by Gasteiger charge is -2.36. The number of hydrogen-bond acceptors (Lipinski definition) is 5. The molecular formula is C22H23FN4O3. The molecule has 4 rings (SSSR count). The Labute approximate surface area is 173 Å². The number of nitrogens with one attached hydrogen (secondary N) is 2. The Morgan fingerprint density at radius 2 is 1.90 bits per heavy atom. The van der Waals surface area contributed by atoms with Gasteiger partial charge in [-0.2, -0.15) is 0 Å². The van der Waals surface area contributed by atoms with Crippen LogP contribution in [0.5, 0.6) is 5.75 Å². The predicted molar refractivity (Wildman–Crippen MR) is 111 cm³/mol. The van der Waals surface area contributed by atoms with Gasteiger partial charge in [-0.1, -0.05) is 12.1 Å². The molecule has 0 aromatic heterocycles. The summed E-state index contributed by atoms with van der Waals surface area (Å²) in [5, 5.41) is 5.62. The van der Waals surface area contributed by atoms with Gasteiger partial charge in [0.25, 0.3) is 5.91 Å². The molecule has 2 aromatic carbocycles. The monoisotopic (exact) mass is 410 g/mol. The van der Waals surface area contributed by atoms with Crippen LogP contribution in [-0.4, -0.2) is 54.8 Å². The van der Waals surface area contributed by atoms with Crippen LogP contribution in [0.3, 0.4) is 0 Å². The molecule has 7 nitrogen and oxygen atoms in total. The average Bonchev–Trinajstić information content (AvgIpc) is 3.07. The Hall–Kier alpha value is -3.26. The molecule has 0 atom stereocenters. The SMILES string of the molecule is COc1ccc(C2=NC3(CCN(CC(=O)Nc4ccccc4F)CC3)NC2=O)cc1. The fourth-order valence-electron chi connectivity index (χ4n) is 3.78. The number of hydrogen-bond donors (Lipinski definition) is 2. The molecular weight excluding hydrogens is 387 g/mol. The van der Waals surface area contributed by atoms with Crippen LogP contribution in [-0.2, 0) is 9.59 Å². The van der Waals surface area contributed by atoms with Gasteiger partial charge in [-0.3, -0.25) is 19.5 Å². The predicted octanol–water partition coefficient (Wildman–Crippen LogP) is 2.18. The molecule has 0 aliphatic carbocycles. The third-order valence-electron chi connectivity index (χ3n) is 5.45. The summed E-state index contributed by atoms with van der Waals surface area (Å²) in [4.78, 5) is 31.5. The molecule has 0 saturated carbocycles. The highest BCUT2D eigenvalue weighted by atomic mass is 19.1. The number of aliphatic imine (C=N–C) groups is 1. The number of methoxy groups -OCH3 is 1. The second kappa shape index (κ2) is 8.23. The van der Waals surface area contributed by atoms with E-state index in [0.717, 1.165) is 11.3 Å². The zero-order valence-corrected chi connectivity index (χ0v) is 16.7. The van der Waals surface area contributed by atoms with E-state index in [2.05, 4.69) is 10.6 Å². The van der Waals surface area contributed by atoms with Crippen LogP contribution in [0, 0.1) is 5.82 Å². The molecule has 2 N–H and O–H groups in total. The molecule has 2 heterocycles. The van der Waals surface area contributed by atoms with Gasteiger partial charge in [-0.25, -0.2) is 4.39 Å². The summed E-state index contributed by atoms with van der Waals surface area (Å²) in [5.74, 6) is -0.202. The van der Waals surface area contributed by atoms with E-state index in [0.29, 0.717) is 31.6 Å². The van der Waals surface area contributed by atoms with Crippen molar-refractivity contribution in [1.82, 2.24) is 10.2 Å². The molecule has 2 amide bonds. The second-order valence-electron chi connectivity index (χ2n) is 7.48. The zero-order valence-electron chi connectivity index (χ0n) is 16.7. The van der Waals surface area contributed by atoms with E-state index in [1.54, 1.807) is 31.4 Å². The molecule has 1 saturated heterocycles. The zero-order chi connectivity index (χ0) is 21.1. The third kappa shape index (κ3) is 4.18. The van der Waals surface area contributed by atoms with E-state index in [4.69, 9.17) is 9.73 Å². The standard InChI is InChI=1S/C22H23FN4O3/c1-30-16-8-6-15(7-9-16)20-21(29)26-22(25-20)10-12-27(13-11-22)14-19(28)24-18-5-3-2-4-17(18)23/h2-9H,10-14H2,1H3,(H,24,28)(H,26,29). The number of halogens is 1. The van der Waals surface area contributed by atoms with Crippen LogP contribution in [0.4, 0.5) is 10.1 Å². The Morgan fingerprint density at radius 1 is 1.20 bits per heavy atom. The van der Waals surface area contributed by atoms with Crippen molar-refractivity contribution in [3.05, 3.63) is 59.9 Å². The highest BCUT2D eigenvalue weighted by molar-refractivity contribution is 6.46. The van der Waals surface area contributed by atoms with Gasteiger partial charge in [-0.15, -0.1) is 0 Å². The van der Waals surface area contributed by atoms with Crippen LogP contribution in [0.1, 0.15) is 18.4 Å². The lowest BCUT2D eigenvalue weighted by molar-refractivity contribution is -0.119. The molecule has 8 heteroatoms. The van der Waals surface area contributed by atoms with Crippen LogP contribution >= 0.6 is 0 Å². The van der Waals surface area contributed by atoms with Gasteiger partial charge in [-0.05, 0) is 36.4 Å². The summed E-state index contributed by atoms with van der Waals surface area (Å²) in [6.45, 7) is 1.36. The van der Waals surface area contributed by atoms with Gasteiger partial charge in [0.2, 0.25) is 5.91 Å². The summed E-state index contributed by atoms with van der Waals surface area (Å²) in [6.07, 6.45) is 1.21. The number of carbonyl (C=O) groups excluding carboxylic acids is 2. The van der Waals surface area contributed by atoms with Gasteiger partial charge in [0.15, 0.2) is 0 Å². The lowest BCUT2D eigenvalue weighted by Crippen LogP contribution is -2.52. The molecule has 156 valence electrons. The summed E-state index contributed by atoms with van der Waals surface area (Å²) in [5.41, 5.74) is 0.707. The number of piperidine rings is 1. The molecule has 0 unspecified atom stereocenters. The fraction of sp³-hybridized carbons (Fsp3) is 0.318. The molecule has 30 heavy (non-hydrogen) atoms. The first kappa shape index (κ1) is 20.0. The molecule has 1 fully saturated rings. The largest absolute Gasteiger partial charge is 0.497 e. The van der Waals surface area contributed by atoms with Gasteiger partial charge < -0.3 is 15.4 Å². The van der Waals surface area contributed by atoms with E-state index in [-0.39, 0.29) is 24.0 Å². The molecule has 1 spiro atoms. The van der Waals surface area contributed by atoms with Gasteiger partial charge in [0, 0.05) is 31.5 Å². The average molecular weight is 410 g/mol. The van der Waals surface area contributed by atoms with Crippen LogP contribution in [0.2, 0.25) is 0 Å². The lowest BCUT2D eigenvalue weighted by atomic mass is 9.98. The maximum Gasteiger partial charge on any atom is 0.272 e. The van der Waals surface area contributed by atoms with Gasteiger partial charge >= 0.3 is 0 Å². The minimum atomic E-state index is -0.634. The first-order chi connectivity index (χ1) is 14.5. The number of amides is 2. The summed E-state index contributed by atoms with van der Waals surface area (Å²) >= 11 is 0.